The lowest BCUT2D eigenvalue weighted by Gasteiger charge is -2.38. The van der Waals surface area contributed by atoms with E-state index in [1.54, 1.807) is 24.3 Å². The predicted octanol–water partition coefficient (Wildman–Crippen LogP) is 2.96. The summed E-state index contributed by atoms with van der Waals surface area (Å²) in [5.74, 6) is -0.0731. The van der Waals surface area contributed by atoms with Crippen LogP contribution in [0.3, 0.4) is 0 Å². The topological polar surface area (TPSA) is 49.4 Å². The highest BCUT2D eigenvalue weighted by molar-refractivity contribution is 6.30. The molecule has 0 bridgehead atoms. The number of hydrogen-bond donors (Lipinski definition) is 1. The van der Waals surface area contributed by atoms with Crippen LogP contribution in [0.5, 0.6) is 0 Å². The first kappa shape index (κ1) is 12.5. The van der Waals surface area contributed by atoms with Crippen LogP contribution in [0.15, 0.2) is 24.3 Å². The number of hydrogen-bond acceptors (Lipinski definition) is 2. The maximum atomic E-state index is 12.7. The molecule has 0 unspecified atom stereocenters. The molecule has 1 heterocycles. The zero-order valence-electron chi connectivity index (χ0n) is 10.5. The summed E-state index contributed by atoms with van der Waals surface area (Å²) in [6.45, 7) is 0.467. The summed E-state index contributed by atoms with van der Waals surface area (Å²) < 4.78 is 0. The lowest BCUT2D eigenvalue weighted by atomic mass is 9.83. The van der Waals surface area contributed by atoms with Crippen molar-refractivity contribution in [2.24, 2.45) is 5.41 Å². The third-order valence-electron chi connectivity index (χ3n) is 4.08. The standard InChI is InChI=1S/C14H15ClN2O2/c15-10-3-5-11(6-4-10)17-12(18)14(7-1-2-8-14)9-16-13(17)19/h3-6H,1-2,7-9H2,(H,16,19). The highest BCUT2D eigenvalue weighted by Gasteiger charge is 2.49. The van der Waals surface area contributed by atoms with Gasteiger partial charge < -0.3 is 5.32 Å². The van der Waals surface area contributed by atoms with Gasteiger partial charge in [0.1, 0.15) is 0 Å². The fraction of sp³-hybridized carbons (Fsp3) is 0.429. The number of urea groups is 1. The summed E-state index contributed by atoms with van der Waals surface area (Å²) in [4.78, 5) is 25.9. The minimum atomic E-state index is -0.395. The fourth-order valence-electron chi connectivity index (χ4n) is 3.00. The Labute approximate surface area is 116 Å². The quantitative estimate of drug-likeness (QED) is 0.859. The van der Waals surface area contributed by atoms with Gasteiger partial charge in [-0.3, -0.25) is 4.79 Å². The summed E-state index contributed by atoms with van der Waals surface area (Å²) in [5.41, 5.74) is 0.186. The SMILES string of the molecule is O=C1NCC2(CCCC2)C(=O)N1c1ccc(Cl)cc1. The first-order chi connectivity index (χ1) is 9.12. The van der Waals surface area contributed by atoms with Crippen molar-refractivity contribution in [2.75, 3.05) is 11.4 Å². The molecule has 1 aliphatic carbocycles. The van der Waals surface area contributed by atoms with Gasteiger partial charge in [0.15, 0.2) is 0 Å². The lowest BCUT2D eigenvalue weighted by Crippen LogP contribution is -2.60. The number of halogens is 1. The normalized spacial score (nSPS) is 21.8. The fourth-order valence-corrected chi connectivity index (χ4v) is 3.12. The second kappa shape index (κ2) is 4.53. The van der Waals surface area contributed by atoms with Crippen molar-refractivity contribution in [2.45, 2.75) is 25.7 Å². The van der Waals surface area contributed by atoms with Crippen LogP contribution < -0.4 is 10.2 Å². The number of rotatable bonds is 1. The first-order valence-electron chi connectivity index (χ1n) is 6.50. The molecular weight excluding hydrogens is 264 g/mol. The molecule has 19 heavy (non-hydrogen) atoms. The van der Waals surface area contributed by atoms with Crippen LogP contribution >= 0.6 is 11.6 Å². The van der Waals surface area contributed by atoms with E-state index in [1.807, 2.05) is 0 Å². The number of amides is 3. The van der Waals surface area contributed by atoms with E-state index >= 15 is 0 Å². The number of carbonyl (C=O) groups excluding carboxylic acids is 2. The summed E-state index contributed by atoms with van der Waals surface area (Å²) in [7, 11) is 0. The molecule has 1 aliphatic heterocycles. The third-order valence-corrected chi connectivity index (χ3v) is 4.34. The number of nitrogens with zero attached hydrogens (tertiary/aromatic N) is 1. The molecule has 1 N–H and O–H groups in total. The Morgan fingerprint density at radius 3 is 2.37 bits per heavy atom. The van der Waals surface area contributed by atoms with Crippen LogP contribution in [0.4, 0.5) is 10.5 Å². The monoisotopic (exact) mass is 278 g/mol. The van der Waals surface area contributed by atoms with Gasteiger partial charge in [0.2, 0.25) is 5.91 Å². The molecule has 100 valence electrons. The average molecular weight is 279 g/mol. The van der Waals surface area contributed by atoms with Crippen molar-refractivity contribution in [3.8, 4) is 0 Å². The maximum Gasteiger partial charge on any atom is 0.328 e. The summed E-state index contributed by atoms with van der Waals surface area (Å²) in [6, 6.07) is 6.44. The molecular formula is C14H15ClN2O2. The molecule has 2 fully saturated rings. The maximum absolute atomic E-state index is 12.7. The first-order valence-corrected chi connectivity index (χ1v) is 6.88. The van der Waals surface area contributed by atoms with E-state index in [2.05, 4.69) is 5.32 Å². The molecule has 0 atom stereocenters. The van der Waals surface area contributed by atoms with Gasteiger partial charge in [-0.1, -0.05) is 24.4 Å². The highest BCUT2D eigenvalue weighted by Crippen LogP contribution is 2.42. The molecule has 3 amide bonds. The number of benzene rings is 1. The Kier molecular flexibility index (Phi) is 2.97. The predicted molar refractivity (Wildman–Crippen MR) is 73.2 cm³/mol. The molecule has 1 saturated heterocycles. The number of nitrogens with one attached hydrogen (secondary N) is 1. The summed E-state index contributed by atoms with van der Waals surface area (Å²) >= 11 is 5.84. The minimum absolute atomic E-state index is 0.0731. The Morgan fingerprint density at radius 2 is 1.74 bits per heavy atom. The minimum Gasteiger partial charge on any atom is -0.336 e. The third kappa shape index (κ3) is 2.00. The van der Waals surface area contributed by atoms with E-state index in [0.29, 0.717) is 17.3 Å². The van der Waals surface area contributed by atoms with Crippen LogP contribution in [0.2, 0.25) is 5.02 Å². The average Bonchev–Trinajstić information content (AvgIpc) is 2.87. The summed E-state index contributed by atoms with van der Waals surface area (Å²) in [5, 5.41) is 3.43. The van der Waals surface area contributed by atoms with Crippen molar-refractivity contribution < 1.29 is 9.59 Å². The van der Waals surface area contributed by atoms with Gasteiger partial charge in [0, 0.05) is 11.6 Å². The van der Waals surface area contributed by atoms with Gasteiger partial charge in [-0.05, 0) is 37.1 Å². The lowest BCUT2D eigenvalue weighted by molar-refractivity contribution is -0.127. The van der Waals surface area contributed by atoms with Crippen LogP contribution in [-0.2, 0) is 4.79 Å². The molecule has 3 rings (SSSR count). The number of anilines is 1. The zero-order valence-corrected chi connectivity index (χ0v) is 11.2. The van der Waals surface area contributed by atoms with Crippen molar-refractivity contribution >= 4 is 29.2 Å². The molecule has 4 nitrogen and oxygen atoms in total. The van der Waals surface area contributed by atoms with Crippen molar-refractivity contribution in [3.63, 3.8) is 0 Å². The smallest absolute Gasteiger partial charge is 0.328 e. The second-order valence-electron chi connectivity index (χ2n) is 5.26. The molecule has 2 aliphatic rings. The van der Waals surface area contributed by atoms with Crippen molar-refractivity contribution in [3.05, 3.63) is 29.3 Å². The van der Waals surface area contributed by atoms with E-state index in [-0.39, 0.29) is 11.9 Å². The van der Waals surface area contributed by atoms with E-state index in [0.717, 1.165) is 25.7 Å². The Hall–Kier alpha value is -1.55. The van der Waals surface area contributed by atoms with Crippen LogP contribution in [0.25, 0.3) is 0 Å². The number of carbonyl (C=O) groups is 2. The van der Waals surface area contributed by atoms with Crippen LogP contribution in [0.1, 0.15) is 25.7 Å². The second-order valence-corrected chi connectivity index (χ2v) is 5.70. The Balaban J connectivity index is 1.96. The Morgan fingerprint density at radius 1 is 1.11 bits per heavy atom. The zero-order chi connectivity index (χ0) is 13.5. The van der Waals surface area contributed by atoms with E-state index in [9.17, 15) is 9.59 Å². The van der Waals surface area contributed by atoms with Crippen LogP contribution in [-0.4, -0.2) is 18.5 Å². The van der Waals surface area contributed by atoms with Gasteiger partial charge in [-0.25, -0.2) is 9.69 Å². The molecule has 0 aromatic heterocycles. The van der Waals surface area contributed by atoms with Gasteiger partial charge in [0.25, 0.3) is 0 Å². The van der Waals surface area contributed by atoms with Crippen molar-refractivity contribution in [1.29, 1.82) is 0 Å². The van der Waals surface area contributed by atoms with Gasteiger partial charge >= 0.3 is 6.03 Å². The van der Waals surface area contributed by atoms with Gasteiger partial charge in [-0.2, -0.15) is 0 Å². The van der Waals surface area contributed by atoms with Crippen LogP contribution in [0, 0.1) is 5.41 Å². The highest BCUT2D eigenvalue weighted by atomic mass is 35.5. The van der Waals surface area contributed by atoms with Gasteiger partial charge in [0.05, 0.1) is 11.1 Å². The van der Waals surface area contributed by atoms with Gasteiger partial charge in [-0.15, -0.1) is 0 Å². The molecule has 1 saturated carbocycles. The molecule has 5 heteroatoms. The largest absolute Gasteiger partial charge is 0.336 e. The molecule has 1 aromatic rings. The Bertz CT molecular complexity index is 521. The van der Waals surface area contributed by atoms with Crippen molar-refractivity contribution in [1.82, 2.24) is 5.32 Å². The number of imide groups is 1. The van der Waals surface area contributed by atoms with E-state index < -0.39 is 5.41 Å². The molecule has 1 aromatic carbocycles. The molecule has 0 radical (unpaired) electrons. The van der Waals surface area contributed by atoms with E-state index in [1.165, 1.54) is 4.90 Å². The van der Waals surface area contributed by atoms with E-state index in [4.69, 9.17) is 11.6 Å². The molecule has 1 spiro atoms. The summed E-state index contributed by atoms with van der Waals surface area (Å²) in [6.07, 6.45) is 3.82.